The van der Waals surface area contributed by atoms with Crippen molar-refractivity contribution in [1.29, 1.82) is 0 Å². The minimum atomic E-state index is -0.739. The number of benzene rings is 1. The molecular weight excluding hydrogens is 384 g/mol. The van der Waals surface area contributed by atoms with E-state index >= 15 is 0 Å². The first kappa shape index (κ1) is 18.0. The largest absolute Gasteiger partial charge is 0.457 e. The molecule has 0 aliphatic carbocycles. The molecule has 0 bridgehead atoms. The Labute approximate surface area is 162 Å². The average molecular weight is 398 g/mol. The molecule has 3 heterocycles. The first-order valence-electron chi connectivity index (χ1n) is 8.37. The van der Waals surface area contributed by atoms with E-state index in [2.05, 4.69) is 10.1 Å². The maximum atomic E-state index is 12.5. The van der Waals surface area contributed by atoms with E-state index in [-0.39, 0.29) is 18.6 Å². The summed E-state index contributed by atoms with van der Waals surface area (Å²) in [6, 6.07) is 8.15. The Morgan fingerprint density at radius 1 is 1.25 bits per heavy atom. The van der Waals surface area contributed by atoms with E-state index in [1.54, 1.807) is 31.2 Å². The summed E-state index contributed by atoms with van der Waals surface area (Å²) >= 11 is 1.12. The summed E-state index contributed by atoms with van der Waals surface area (Å²) in [5.74, 6) is -1.71. The summed E-state index contributed by atoms with van der Waals surface area (Å²) < 4.78 is 6.27. The van der Waals surface area contributed by atoms with Crippen molar-refractivity contribution in [2.75, 3.05) is 6.54 Å². The van der Waals surface area contributed by atoms with E-state index in [1.165, 1.54) is 6.07 Å². The molecule has 0 N–H and O–H groups in total. The number of amides is 2. The number of hydrogen-bond acceptors (Lipinski definition) is 8. The lowest BCUT2D eigenvalue weighted by molar-refractivity contribution is -0.149. The fourth-order valence-corrected chi connectivity index (χ4v) is 3.75. The molecule has 1 aliphatic rings. The highest BCUT2D eigenvalue weighted by atomic mass is 32.1. The summed E-state index contributed by atoms with van der Waals surface area (Å²) in [5, 5.41) is 4.45. The maximum Gasteiger partial charge on any atom is 0.326 e. The number of rotatable bonds is 4. The Morgan fingerprint density at radius 2 is 2.04 bits per heavy atom. The molecule has 10 heteroatoms. The highest BCUT2D eigenvalue weighted by Gasteiger charge is 2.32. The van der Waals surface area contributed by atoms with Crippen LogP contribution in [0.25, 0.3) is 4.96 Å². The average Bonchev–Trinajstić information content (AvgIpc) is 3.07. The molecule has 0 atom stereocenters. The summed E-state index contributed by atoms with van der Waals surface area (Å²) in [6.07, 6.45) is 0.0565. The predicted octanol–water partition coefficient (Wildman–Crippen LogP) is 0.728. The van der Waals surface area contributed by atoms with Gasteiger partial charge in [0.25, 0.3) is 11.5 Å². The van der Waals surface area contributed by atoms with E-state index in [0.29, 0.717) is 26.8 Å². The lowest BCUT2D eigenvalue weighted by atomic mass is 9.98. The zero-order valence-electron chi connectivity index (χ0n) is 14.7. The van der Waals surface area contributed by atoms with E-state index in [1.807, 2.05) is 0 Å². The number of aryl methyl sites for hydroxylation is 1. The topological polar surface area (TPSA) is 111 Å². The van der Waals surface area contributed by atoms with Gasteiger partial charge in [0.1, 0.15) is 13.2 Å². The van der Waals surface area contributed by atoms with Crippen molar-refractivity contribution in [2.45, 2.75) is 20.0 Å². The third-order valence-electron chi connectivity index (χ3n) is 4.19. The molecule has 2 amide bonds. The third kappa shape index (κ3) is 3.29. The second kappa shape index (κ2) is 6.97. The molecule has 0 radical (unpaired) electrons. The Hall–Kier alpha value is -3.40. The quantitative estimate of drug-likeness (QED) is 0.470. The Bertz CT molecular complexity index is 1180. The van der Waals surface area contributed by atoms with Crippen molar-refractivity contribution in [1.82, 2.24) is 19.5 Å². The van der Waals surface area contributed by atoms with E-state index < -0.39 is 24.3 Å². The Morgan fingerprint density at radius 3 is 2.86 bits per heavy atom. The van der Waals surface area contributed by atoms with Gasteiger partial charge in [-0.3, -0.25) is 24.1 Å². The number of nitrogens with zero attached hydrogens (tertiary/aromatic N) is 4. The number of ether oxygens (including phenoxy) is 1. The minimum Gasteiger partial charge on any atom is -0.457 e. The molecule has 28 heavy (non-hydrogen) atoms. The Kier molecular flexibility index (Phi) is 4.47. The zero-order chi connectivity index (χ0) is 19.8. The molecule has 0 saturated heterocycles. The number of esters is 1. The van der Waals surface area contributed by atoms with Crippen LogP contribution in [0.2, 0.25) is 0 Å². The van der Waals surface area contributed by atoms with Gasteiger partial charge in [-0.25, -0.2) is 4.98 Å². The van der Waals surface area contributed by atoms with Crippen LogP contribution in [0.4, 0.5) is 0 Å². The number of hydrogen-bond donors (Lipinski definition) is 0. The molecule has 1 aromatic carbocycles. The smallest absolute Gasteiger partial charge is 0.326 e. The van der Waals surface area contributed by atoms with Crippen LogP contribution in [0.5, 0.6) is 0 Å². The van der Waals surface area contributed by atoms with Gasteiger partial charge in [-0.05, 0) is 18.6 Å². The van der Waals surface area contributed by atoms with Gasteiger partial charge in [0.05, 0.1) is 6.42 Å². The van der Waals surface area contributed by atoms with E-state index in [9.17, 15) is 19.2 Å². The van der Waals surface area contributed by atoms with Gasteiger partial charge in [0.15, 0.2) is 5.01 Å². The van der Waals surface area contributed by atoms with E-state index in [0.717, 1.165) is 20.8 Å². The van der Waals surface area contributed by atoms with Gasteiger partial charge >= 0.3 is 5.97 Å². The minimum absolute atomic E-state index is 0.0565. The van der Waals surface area contributed by atoms with Gasteiger partial charge in [0.2, 0.25) is 10.9 Å². The van der Waals surface area contributed by atoms with Crippen molar-refractivity contribution in [2.24, 2.45) is 0 Å². The fourth-order valence-electron chi connectivity index (χ4n) is 2.90. The summed E-state index contributed by atoms with van der Waals surface area (Å²) in [5.41, 5.74) is 1.30. The van der Waals surface area contributed by atoms with Crippen molar-refractivity contribution < 1.29 is 19.1 Å². The zero-order valence-corrected chi connectivity index (χ0v) is 15.6. The molecule has 142 valence electrons. The molecule has 0 spiro atoms. The van der Waals surface area contributed by atoms with Crippen molar-refractivity contribution in [3.05, 3.63) is 62.5 Å². The van der Waals surface area contributed by atoms with Gasteiger partial charge in [-0.2, -0.15) is 9.61 Å². The monoisotopic (exact) mass is 398 g/mol. The van der Waals surface area contributed by atoms with Crippen LogP contribution in [-0.2, 0) is 27.4 Å². The van der Waals surface area contributed by atoms with Crippen LogP contribution in [0, 0.1) is 6.92 Å². The third-order valence-corrected chi connectivity index (χ3v) is 5.08. The van der Waals surface area contributed by atoms with E-state index in [4.69, 9.17) is 4.74 Å². The number of carbonyl (C=O) groups excluding carboxylic acids is 3. The van der Waals surface area contributed by atoms with Crippen LogP contribution in [0.1, 0.15) is 26.6 Å². The van der Waals surface area contributed by atoms with Crippen LogP contribution >= 0.6 is 11.3 Å². The standard InChI is InChI=1S/C18H14N4O5S/c1-10-6-15(24)22-18(19-10)28-13(20-22)9-27-16(25)8-21-14(23)7-11-4-2-3-5-12(11)17(21)26/h2-6H,7-9H2,1H3. The highest BCUT2D eigenvalue weighted by Crippen LogP contribution is 2.19. The lowest BCUT2D eigenvalue weighted by Crippen LogP contribution is -2.45. The summed E-state index contributed by atoms with van der Waals surface area (Å²) in [7, 11) is 0. The number of carbonyl (C=O) groups is 3. The SMILES string of the molecule is Cc1cc(=O)n2nc(COC(=O)CN3C(=O)Cc4ccccc4C3=O)sc2n1. The second-order valence-corrected chi connectivity index (χ2v) is 7.25. The van der Waals surface area contributed by atoms with Crippen LogP contribution in [-0.4, -0.2) is 43.8 Å². The fraction of sp³-hybridized carbons (Fsp3) is 0.222. The molecule has 0 fully saturated rings. The van der Waals surface area contributed by atoms with Crippen LogP contribution in [0.15, 0.2) is 35.1 Å². The molecule has 9 nitrogen and oxygen atoms in total. The molecule has 4 rings (SSSR count). The number of imide groups is 1. The van der Waals surface area contributed by atoms with Crippen molar-refractivity contribution >= 4 is 34.1 Å². The normalized spacial score (nSPS) is 13.7. The summed E-state index contributed by atoms with van der Waals surface area (Å²) in [4.78, 5) is 54.2. The van der Waals surface area contributed by atoms with Gasteiger partial charge in [-0.1, -0.05) is 29.5 Å². The van der Waals surface area contributed by atoms with Crippen molar-refractivity contribution in [3.63, 3.8) is 0 Å². The van der Waals surface area contributed by atoms with Gasteiger partial charge < -0.3 is 4.74 Å². The van der Waals surface area contributed by atoms with Crippen LogP contribution in [0.3, 0.4) is 0 Å². The second-order valence-electron chi connectivity index (χ2n) is 6.21. The summed E-state index contributed by atoms with van der Waals surface area (Å²) in [6.45, 7) is 1.04. The first-order valence-corrected chi connectivity index (χ1v) is 9.18. The van der Waals surface area contributed by atoms with Gasteiger partial charge in [-0.15, -0.1) is 0 Å². The number of aromatic nitrogens is 3. The number of fused-ring (bicyclic) bond motifs is 2. The molecule has 0 saturated carbocycles. The lowest BCUT2D eigenvalue weighted by Gasteiger charge is -2.25. The Balaban J connectivity index is 1.44. The predicted molar refractivity (Wildman–Crippen MR) is 97.9 cm³/mol. The van der Waals surface area contributed by atoms with Crippen LogP contribution < -0.4 is 5.56 Å². The highest BCUT2D eigenvalue weighted by molar-refractivity contribution is 7.16. The van der Waals surface area contributed by atoms with Crippen molar-refractivity contribution in [3.8, 4) is 0 Å². The van der Waals surface area contributed by atoms with Gasteiger partial charge in [0, 0.05) is 17.3 Å². The first-order chi connectivity index (χ1) is 13.4. The molecule has 1 aliphatic heterocycles. The molecular formula is C18H14N4O5S. The molecule has 0 unspecified atom stereocenters. The molecule has 2 aromatic heterocycles. The maximum absolute atomic E-state index is 12.5. The molecule has 3 aromatic rings.